The van der Waals surface area contributed by atoms with E-state index < -0.39 is 0 Å². The number of nitrogens with one attached hydrogen (secondary N) is 1. The second-order valence-electron chi connectivity index (χ2n) is 7.79. The Labute approximate surface area is 119 Å². The summed E-state index contributed by atoms with van der Waals surface area (Å²) in [6.45, 7) is 13.9. The average Bonchev–Trinajstić information content (AvgIpc) is 2.66. The fourth-order valence-corrected chi connectivity index (χ4v) is 4.23. The molecule has 0 saturated heterocycles. The van der Waals surface area contributed by atoms with Gasteiger partial charge in [-0.3, -0.25) is 0 Å². The van der Waals surface area contributed by atoms with Crippen molar-refractivity contribution in [3.8, 4) is 0 Å². The van der Waals surface area contributed by atoms with Crippen LogP contribution in [0.25, 0.3) is 0 Å². The Morgan fingerprint density at radius 1 is 1.21 bits per heavy atom. The van der Waals surface area contributed by atoms with E-state index in [-0.39, 0.29) is 0 Å². The van der Waals surface area contributed by atoms with Crippen LogP contribution in [0, 0.1) is 16.7 Å². The van der Waals surface area contributed by atoms with Gasteiger partial charge in [0, 0.05) is 12.6 Å². The Balaban J connectivity index is 1.68. The lowest BCUT2D eigenvalue weighted by Crippen LogP contribution is -2.37. The Morgan fingerprint density at radius 2 is 1.95 bits per heavy atom. The molecule has 19 heavy (non-hydrogen) atoms. The van der Waals surface area contributed by atoms with Gasteiger partial charge in [-0.25, -0.2) is 0 Å². The van der Waals surface area contributed by atoms with Crippen LogP contribution in [0.4, 0.5) is 0 Å². The van der Waals surface area contributed by atoms with Gasteiger partial charge in [-0.2, -0.15) is 0 Å². The molecule has 2 nitrogen and oxygen atoms in total. The van der Waals surface area contributed by atoms with Crippen LogP contribution in [-0.4, -0.2) is 25.3 Å². The van der Waals surface area contributed by atoms with Gasteiger partial charge in [0.1, 0.15) is 0 Å². The number of rotatable bonds is 7. The molecule has 3 atom stereocenters. The molecule has 2 heteroatoms. The zero-order valence-electron chi connectivity index (χ0n) is 13.6. The van der Waals surface area contributed by atoms with Crippen LogP contribution in [0.2, 0.25) is 0 Å². The average molecular weight is 267 g/mol. The minimum atomic E-state index is 0.424. The Hall–Kier alpha value is -0.0800. The summed E-state index contributed by atoms with van der Waals surface area (Å²) in [5.41, 5.74) is 0.907. The lowest BCUT2D eigenvalue weighted by atomic mass is 9.70. The van der Waals surface area contributed by atoms with Crippen molar-refractivity contribution < 1.29 is 4.74 Å². The summed E-state index contributed by atoms with van der Waals surface area (Å²) in [6.07, 6.45) is 7.02. The standard InChI is InChI=1S/C17H33NO/c1-13(2)18-10-6-7-11-19-15-12-14-8-9-17(15,5)16(14,3)4/h13-15,18H,6-12H2,1-5H3. The van der Waals surface area contributed by atoms with E-state index in [1.807, 2.05) is 0 Å². The first-order valence-corrected chi connectivity index (χ1v) is 8.23. The summed E-state index contributed by atoms with van der Waals surface area (Å²) in [5, 5.41) is 3.47. The maximum Gasteiger partial charge on any atom is 0.0636 e. The van der Waals surface area contributed by atoms with Crippen molar-refractivity contribution in [3.05, 3.63) is 0 Å². The molecule has 0 aliphatic heterocycles. The zero-order chi connectivity index (χ0) is 14.1. The Kier molecular flexibility index (Phi) is 4.62. The van der Waals surface area contributed by atoms with Crippen molar-refractivity contribution in [1.29, 1.82) is 0 Å². The van der Waals surface area contributed by atoms with Crippen LogP contribution < -0.4 is 5.32 Å². The third-order valence-corrected chi connectivity index (χ3v) is 6.16. The summed E-state index contributed by atoms with van der Waals surface area (Å²) in [5.74, 6) is 0.894. The molecule has 2 fully saturated rings. The highest BCUT2D eigenvalue weighted by Crippen LogP contribution is 2.66. The van der Waals surface area contributed by atoms with Gasteiger partial charge in [0.05, 0.1) is 6.10 Å². The molecule has 0 amide bonds. The predicted molar refractivity (Wildman–Crippen MR) is 81.3 cm³/mol. The highest BCUT2D eigenvalue weighted by Gasteiger charge is 2.61. The molecule has 0 aromatic rings. The number of hydrogen-bond acceptors (Lipinski definition) is 2. The molecule has 1 N–H and O–H groups in total. The van der Waals surface area contributed by atoms with Crippen molar-refractivity contribution in [2.75, 3.05) is 13.2 Å². The molecule has 3 unspecified atom stereocenters. The molecule has 0 aromatic carbocycles. The highest BCUT2D eigenvalue weighted by atomic mass is 16.5. The van der Waals surface area contributed by atoms with Crippen LogP contribution in [0.3, 0.4) is 0 Å². The fourth-order valence-electron chi connectivity index (χ4n) is 4.23. The predicted octanol–water partition coefficient (Wildman–Crippen LogP) is 4.00. The van der Waals surface area contributed by atoms with Gasteiger partial charge >= 0.3 is 0 Å². The van der Waals surface area contributed by atoms with Crippen LogP contribution >= 0.6 is 0 Å². The van der Waals surface area contributed by atoms with Crippen LogP contribution in [0.1, 0.15) is 66.7 Å². The van der Waals surface area contributed by atoms with E-state index >= 15 is 0 Å². The molecule has 0 radical (unpaired) electrons. The van der Waals surface area contributed by atoms with Crippen LogP contribution in [0.15, 0.2) is 0 Å². The lowest BCUT2D eigenvalue weighted by Gasteiger charge is -2.39. The van der Waals surface area contributed by atoms with Gasteiger partial charge in [0.25, 0.3) is 0 Å². The third kappa shape index (κ3) is 2.85. The number of fused-ring (bicyclic) bond motifs is 2. The second kappa shape index (κ2) is 5.73. The first kappa shape index (κ1) is 15.3. The maximum atomic E-state index is 6.25. The lowest BCUT2D eigenvalue weighted by molar-refractivity contribution is -0.0474. The quantitative estimate of drug-likeness (QED) is 0.704. The van der Waals surface area contributed by atoms with E-state index in [1.165, 1.54) is 32.1 Å². The molecule has 2 rings (SSSR count). The minimum Gasteiger partial charge on any atom is -0.378 e. The summed E-state index contributed by atoms with van der Waals surface area (Å²) in [4.78, 5) is 0. The highest BCUT2D eigenvalue weighted by molar-refractivity contribution is 5.11. The summed E-state index contributed by atoms with van der Waals surface area (Å²) >= 11 is 0. The van der Waals surface area contributed by atoms with Gasteiger partial charge < -0.3 is 10.1 Å². The van der Waals surface area contributed by atoms with Gasteiger partial charge in [0.2, 0.25) is 0 Å². The summed E-state index contributed by atoms with van der Waals surface area (Å²) in [7, 11) is 0. The van der Waals surface area contributed by atoms with E-state index in [9.17, 15) is 0 Å². The van der Waals surface area contributed by atoms with Crippen LogP contribution in [-0.2, 0) is 4.74 Å². The normalized spacial score (nSPS) is 36.3. The molecule has 2 bridgehead atoms. The van der Waals surface area contributed by atoms with E-state index in [1.54, 1.807) is 0 Å². The molecule has 0 heterocycles. The Bertz CT molecular complexity index is 300. The maximum absolute atomic E-state index is 6.25. The largest absolute Gasteiger partial charge is 0.378 e. The zero-order valence-corrected chi connectivity index (χ0v) is 13.6. The molecule has 0 spiro atoms. The molecular weight excluding hydrogens is 234 g/mol. The van der Waals surface area contributed by atoms with Gasteiger partial charge in [-0.15, -0.1) is 0 Å². The van der Waals surface area contributed by atoms with Gasteiger partial charge in [-0.05, 0) is 55.4 Å². The minimum absolute atomic E-state index is 0.424. The van der Waals surface area contributed by atoms with E-state index in [0.29, 0.717) is 23.0 Å². The summed E-state index contributed by atoms with van der Waals surface area (Å²) in [6, 6.07) is 0.603. The smallest absolute Gasteiger partial charge is 0.0636 e. The number of ether oxygens (including phenoxy) is 1. The fraction of sp³-hybridized carbons (Fsp3) is 1.00. The second-order valence-corrected chi connectivity index (χ2v) is 7.79. The molecule has 2 saturated carbocycles. The van der Waals surface area contributed by atoms with E-state index in [0.717, 1.165) is 19.1 Å². The van der Waals surface area contributed by atoms with Crippen molar-refractivity contribution in [3.63, 3.8) is 0 Å². The molecule has 0 aromatic heterocycles. The topological polar surface area (TPSA) is 21.3 Å². The van der Waals surface area contributed by atoms with Gasteiger partial charge in [-0.1, -0.05) is 34.6 Å². The van der Waals surface area contributed by atoms with Crippen LogP contribution in [0.5, 0.6) is 0 Å². The number of unbranched alkanes of at least 4 members (excludes halogenated alkanes) is 1. The molecule has 2 aliphatic carbocycles. The van der Waals surface area contributed by atoms with Crippen molar-refractivity contribution >= 4 is 0 Å². The van der Waals surface area contributed by atoms with Crippen molar-refractivity contribution in [2.24, 2.45) is 16.7 Å². The van der Waals surface area contributed by atoms with Crippen molar-refractivity contribution in [2.45, 2.75) is 78.9 Å². The first-order valence-electron chi connectivity index (χ1n) is 8.23. The first-order chi connectivity index (χ1) is 8.88. The number of hydrogen-bond donors (Lipinski definition) is 1. The van der Waals surface area contributed by atoms with E-state index in [2.05, 4.69) is 39.9 Å². The molecule has 112 valence electrons. The molecular formula is C17H33NO. The Morgan fingerprint density at radius 3 is 2.47 bits per heavy atom. The third-order valence-electron chi connectivity index (χ3n) is 6.16. The summed E-state index contributed by atoms with van der Waals surface area (Å²) < 4.78 is 6.25. The molecule has 2 aliphatic rings. The SMILES string of the molecule is CC(C)NCCCCOC1CC2CCC1(C)C2(C)C. The van der Waals surface area contributed by atoms with E-state index in [4.69, 9.17) is 4.74 Å². The van der Waals surface area contributed by atoms with Gasteiger partial charge in [0.15, 0.2) is 0 Å². The van der Waals surface area contributed by atoms with Crippen molar-refractivity contribution in [1.82, 2.24) is 5.32 Å². The monoisotopic (exact) mass is 267 g/mol.